The molecular weight excluding hydrogens is 241 g/mol. The molecule has 0 heterocycles. The van der Waals surface area contributed by atoms with E-state index in [9.17, 15) is 4.39 Å². The molecular formula is C16H24FNO. The van der Waals surface area contributed by atoms with Crippen molar-refractivity contribution in [2.45, 2.75) is 38.6 Å². The fourth-order valence-corrected chi connectivity index (χ4v) is 2.27. The van der Waals surface area contributed by atoms with Crippen LogP contribution in [0.4, 0.5) is 4.39 Å². The van der Waals surface area contributed by atoms with Gasteiger partial charge in [0.2, 0.25) is 0 Å². The summed E-state index contributed by atoms with van der Waals surface area (Å²) in [6.45, 7) is 4.49. The Hall–Kier alpha value is -0.930. The number of halogens is 1. The number of hydrogen-bond acceptors (Lipinski definition) is 2. The van der Waals surface area contributed by atoms with Crippen LogP contribution >= 0.6 is 0 Å². The molecule has 106 valence electrons. The molecule has 2 rings (SSSR count). The van der Waals surface area contributed by atoms with Gasteiger partial charge in [0.25, 0.3) is 0 Å². The summed E-state index contributed by atoms with van der Waals surface area (Å²) in [5.41, 5.74) is 0.821. The van der Waals surface area contributed by atoms with Crippen LogP contribution in [-0.2, 0) is 11.2 Å². The third-order valence-corrected chi connectivity index (χ3v) is 3.61. The minimum atomic E-state index is -0.0877. The third-order valence-electron chi connectivity index (χ3n) is 3.61. The second-order valence-corrected chi connectivity index (χ2v) is 5.33. The molecule has 1 unspecified atom stereocenters. The third kappa shape index (κ3) is 5.29. The van der Waals surface area contributed by atoms with E-state index in [-0.39, 0.29) is 5.82 Å². The van der Waals surface area contributed by atoms with Crippen LogP contribution in [-0.4, -0.2) is 25.8 Å². The zero-order valence-corrected chi connectivity index (χ0v) is 11.7. The Kier molecular flexibility index (Phi) is 5.80. The minimum absolute atomic E-state index is 0.0877. The molecule has 0 bridgehead atoms. The van der Waals surface area contributed by atoms with Gasteiger partial charge in [-0.15, -0.1) is 0 Å². The number of rotatable bonds is 9. The fourth-order valence-electron chi connectivity index (χ4n) is 2.27. The quantitative estimate of drug-likeness (QED) is 0.692. The fraction of sp³-hybridized carbons (Fsp3) is 0.625. The molecule has 0 radical (unpaired) electrons. The number of benzene rings is 1. The summed E-state index contributed by atoms with van der Waals surface area (Å²) in [7, 11) is 0. The molecule has 1 saturated carbocycles. The summed E-state index contributed by atoms with van der Waals surface area (Å²) >= 11 is 0. The van der Waals surface area contributed by atoms with Crippen LogP contribution in [0.3, 0.4) is 0 Å². The number of ether oxygens (including phenoxy) is 1. The number of hydrogen-bond donors (Lipinski definition) is 1. The van der Waals surface area contributed by atoms with Gasteiger partial charge < -0.3 is 10.1 Å². The molecule has 19 heavy (non-hydrogen) atoms. The molecule has 1 N–H and O–H groups in total. The molecule has 0 spiro atoms. The zero-order chi connectivity index (χ0) is 13.5. The molecule has 0 aromatic heterocycles. The van der Waals surface area contributed by atoms with Crippen molar-refractivity contribution in [2.75, 3.05) is 19.8 Å². The van der Waals surface area contributed by atoms with Gasteiger partial charge in [-0.3, -0.25) is 0 Å². The van der Waals surface area contributed by atoms with Gasteiger partial charge in [0.15, 0.2) is 0 Å². The van der Waals surface area contributed by atoms with Gasteiger partial charge >= 0.3 is 0 Å². The molecule has 2 nitrogen and oxygen atoms in total. The largest absolute Gasteiger partial charge is 0.382 e. The van der Waals surface area contributed by atoms with E-state index in [1.165, 1.54) is 12.8 Å². The molecule has 0 aliphatic heterocycles. The van der Waals surface area contributed by atoms with E-state index in [4.69, 9.17) is 4.74 Å². The maximum atomic E-state index is 13.7. The van der Waals surface area contributed by atoms with Crippen molar-refractivity contribution >= 4 is 0 Å². The Morgan fingerprint density at radius 3 is 2.84 bits per heavy atom. The van der Waals surface area contributed by atoms with E-state index in [1.54, 1.807) is 12.1 Å². The Balaban J connectivity index is 1.85. The SMILES string of the molecule is CCOCCC(CNC1CC1)Cc1ccccc1F. The second-order valence-electron chi connectivity index (χ2n) is 5.33. The molecule has 1 atom stereocenters. The summed E-state index contributed by atoms with van der Waals surface area (Å²) in [5, 5.41) is 3.55. The van der Waals surface area contributed by atoms with E-state index in [2.05, 4.69) is 5.32 Å². The van der Waals surface area contributed by atoms with Gasteiger partial charge in [-0.2, -0.15) is 0 Å². The van der Waals surface area contributed by atoms with E-state index >= 15 is 0 Å². The van der Waals surface area contributed by atoms with Crippen LogP contribution in [0.5, 0.6) is 0 Å². The second kappa shape index (κ2) is 7.61. The van der Waals surface area contributed by atoms with Crippen LogP contribution < -0.4 is 5.32 Å². The van der Waals surface area contributed by atoms with Crippen LogP contribution in [0, 0.1) is 11.7 Å². The van der Waals surface area contributed by atoms with Gasteiger partial charge in [0.1, 0.15) is 5.82 Å². The molecule has 1 aromatic carbocycles. The van der Waals surface area contributed by atoms with E-state index < -0.39 is 0 Å². The average Bonchev–Trinajstić information content (AvgIpc) is 3.22. The van der Waals surface area contributed by atoms with Crippen LogP contribution in [0.1, 0.15) is 31.7 Å². The first kappa shape index (κ1) is 14.5. The molecule has 1 aliphatic carbocycles. The normalized spacial score (nSPS) is 16.5. The Morgan fingerprint density at radius 2 is 2.16 bits per heavy atom. The van der Waals surface area contributed by atoms with Crippen LogP contribution in [0.15, 0.2) is 24.3 Å². The molecule has 3 heteroatoms. The highest BCUT2D eigenvalue weighted by Crippen LogP contribution is 2.21. The smallest absolute Gasteiger partial charge is 0.126 e. The summed E-state index contributed by atoms with van der Waals surface area (Å²) in [6.07, 6.45) is 4.36. The highest BCUT2D eigenvalue weighted by molar-refractivity contribution is 5.17. The van der Waals surface area contributed by atoms with Crippen molar-refractivity contribution in [1.82, 2.24) is 5.32 Å². The van der Waals surface area contributed by atoms with Crippen molar-refractivity contribution in [3.63, 3.8) is 0 Å². The molecule has 0 amide bonds. The van der Waals surface area contributed by atoms with Crippen molar-refractivity contribution in [3.05, 3.63) is 35.6 Å². The van der Waals surface area contributed by atoms with Crippen molar-refractivity contribution < 1.29 is 9.13 Å². The predicted molar refractivity (Wildman–Crippen MR) is 75.7 cm³/mol. The topological polar surface area (TPSA) is 21.3 Å². The Morgan fingerprint density at radius 1 is 1.37 bits per heavy atom. The molecule has 1 aliphatic rings. The lowest BCUT2D eigenvalue weighted by atomic mass is 9.96. The maximum Gasteiger partial charge on any atom is 0.126 e. The van der Waals surface area contributed by atoms with Gasteiger partial charge in [-0.1, -0.05) is 18.2 Å². The zero-order valence-electron chi connectivity index (χ0n) is 11.7. The first-order valence-electron chi connectivity index (χ1n) is 7.34. The van der Waals surface area contributed by atoms with E-state index in [0.717, 1.165) is 38.2 Å². The highest BCUT2D eigenvalue weighted by Gasteiger charge is 2.22. The molecule has 1 aromatic rings. The van der Waals surface area contributed by atoms with Crippen molar-refractivity contribution in [3.8, 4) is 0 Å². The Labute approximate surface area is 115 Å². The lowest BCUT2D eigenvalue weighted by molar-refractivity contribution is 0.131. The van der Waals surface area contributed by atoms with Gasteiger partial charge in [-0.05, 0) is 56.7 Å². The first-order valence-corrected chi connectivity index (χ1v) is 7.34. The van der Waals surface area contributed by atoms with E-state index in [0.29, 0.717) is 12.0 Å². The highest BCUT2D eigenvalue weighted by atomic mass is 19.1. The lowest BCUT2D eigenvalue weighted by Crippen LogP contribution is -2.27. The summed E-state index contributed by atoms with van der Waals surface area (Å²) in [4.78, 5) is 0. The Bertz CT molecular complexity index is 379. The monoisotopic (exact) mass is 265 g/mol. The van der Waals surface area contributed by atoms with Gasteiger partial charge in [0.05, 0.1) is 0 Å². The standard InChI is InChI=1S/C16H24FNO/c1-2-19-10-9-13(12-18-15-7-8-15)11-14-5-3-4-6-16(14)17/h3-6,13,15,18H,2,7-12H2,1H3. The number of nitrogens with one attached hydrogen (secondary N) is 1. The molecule has 0 saturated heterocycles. The average molecular weight is 265 g/mol. The van der Waals surface area contributed by atoms with Crippen LogP contribution in [0.2, 0.25) is 0 Å². The van der Waals surface area contributed by atoms with Crippen LogP contribution in [0.25, 0.3) is 0 Å². The summed E-state index contributed by atoms with van der Waals surface area (Å²) < 4.78 is 19.1. The first-order chi connectivity index (χ1) is 9.29. The van der Waals surface area contributed by atoms with Gasteiger partial charge in [0, 0.05) is 19.3 Å². The lowest BCUT2D eigenvalue weighted by Gasteiger charge is -2.18. The minimum Gasteiger partial charge on any atom is -0.382 e. The van der Waals surface area contributed by atoms with Crippen molar-refractivity contribution in [2.24, 2.45) is 5.92 Å². The van der Waals surface area contributed by atoms with E-state index in [1.807, 2.05) is 19.1 Å². The predicted octanol–water partition coefficient (Wildman–Crippen LogP) is 3.16. The molecule has 1 fully saturated rings. The van der Waals surface area contributed by atoms with Crippen molar-refractivity contribution in [1.29, 1.82) is 0 Å². The summed E-state index contributed by atoms with van der Waals surface area (Å²) in [5.74, 6) is 0.361. The van der Waals surface area contributed by atoms with Gasteiger partial charge in [-0.25, -0.2) is 4.39 Å². The maximum absolute atomic E-state index is 13.7. The summed E-state index contributed by atoms with van der Waals surface area (Å²) in [6, 6.07) is 7.79.